The predicted molar refractivity (Wildman–Crippen MR) is 103 cm³/mol. The van der Waals surface area contributed by atoms with Gasteiger partial charge in [-0.2, -0.15) is 0 Å². The summed E-state index contributed by atoms with van der Waals surface area (Å²) in [7, 11) is 1.71. The van der Waals surface area contributed by atoms with Gasteiger partial charge in [-0.25, -0.2) is 0 Å². The molecule has 0 saturated carbocycles. The second-order valence-electron chi connectivity index (χ2n) is 6.78. The number of ether oxygens (including phenoxy) is 1. The van der Waals surface area contributed by atoms with E-state index in [1.54, 1.807) is 18.4 Å². The number of aromatic nitrogens is 2. The topological polar surface area (TPSA) is 51.4 Å². The molecule has 1 aliphatic rings. The smallest absolute Gasteiger partial charge is 0.258 e. The molecule has 4 rings (SSSR count). The van der Waals surface area contributed by atoms with Crippen molar-refractivity contribution in [1.82, 2.24) is 15.1 Å². The molecule has 0 bridgehead atoms. The third-order valence-corrected chi connectivity index (χ3v) is 5.98. The molecule has 6 heteroatoms. The van der Waals surface area contributed by atoms with E-state index in [-0.39, 0.29) is 0 Å². The van der Waals surface area contributed by atoms with Gasteiger partial charge in [-0.05, 0) is 67.6 Å². The number of likely N-dealkylation sites (tertiary alicyclic amines) is 1. The van der Waals surface area contributed by atoms with Crippen LogP contribution in [0.15, 0.2) is 40.1 Å². The Morgan fingerprint density at radius 2 is 2.08 bits per heavy atom. The highest BCUT2D eigenvalue weighted by Crippen LogP contribution is 2.32. The van der Waals surface area contributed by atoms with Crippen LogP contribution in [0.25, 0.3) is 10.8 Å². The van der Waals surface area contributed by atoms with Crippen molar-refractivity contribution in [1.29, 1.82) is 0 Å². The number of piperidine rings is 1. The van der Waals surface area contributed by atoms with E-state index in [2.05, 4.69) is 45.6 Å². The van der Waals surface area contributed by atoms with E-state index in [1.165, 1.54) is 11.1 Å². The third-order valence-electron chi connectivity index (χ3n) is 4.97. The summed E-state index contributed by atoms with van der Waals surface area (Å²) in [4.78, 5) is 3.56. The van der Waals surface area contributed by atoms with E-state index < -0.39 is 0 Å². The molecule has 2 aromatic heterocycles. The lowest BCUT2D eigenvalue weighted by Gasteiger charge is -2.30. The molecule has 0 aliphatic carbocycles. The third kappa shape index (κ3) is 3.66. The van der Waals surface area contributed by atoms with Gasteiger partial charge in [0.2, 0.25) is 5.89 Å². The van der Waals surface area contributed by atoms with Crippen molar-refractivity contribution in [2.24, 2.45) is 0 Å². The van der Waals surface area contributed by atoms with Crippen LogP contribution >= 0.6 is 11.3 Å². The fourth-order valence-electron chi connectivity index (χ4n) is 3.45. The summed E-state index contributed by atoms with van der Waals surface area (Å²) >= 11 is 1.65. The molecule has 0 atom stereocenters. The molecular formula is C20H23N3O2S. The average molecular weight is 369 g/mol. The Hall–Kier alpha value is -2.18. The first kappa shape index (κ1) is 17.2. The Morgan fingerprint density at radius 3 is 2.81 bits per heavy atom. The van der Waals surface area contributed by atoms with Crippen LogP contribution in [-0.2, 0) is 6.54 Å². The van der Waals surface area contributed by atoms with Gasteiger partial charge in [0.15, 0.2) is 0 Å². The number of hydrogen-bond acceptors (Lipinski definition) is 6. The lowest BCUT2D eigenvalue weighted by atomic mass is 9.96. The molecule has 1 saturated heterocycles. The monoisotopic (exact) mass is 369 g/mol. The van der Waals surface area contributed by atoms with Gasteiger partial charge in [-0.1, -0.05) is 12.1 Å². The quantitative estimate of drug-likeness (QED) is 0.663. The van der Waals surface area contributed by atoms with E-state index in [0.29, 0.717) is 11.8 Å². The van der Waals surface area contributed by atoms with E-state index >= 15 is 0 Å². The largest absolute Gasteiger partial charge is 0.497 e. The van der Waals surface area contributed by atoms with Crippen LogP contribution in [0.1, 0.15) is 35.8 Å². The van der Waals surface area contributed by atoms with E-state index in [9.17, 15) is 0 Å². The van der Waals surface area contributed by atoms with Crippen LogP contribution in [0.5, 0.6) is 5.75 Å². The summed E-state index contributed by atoms with van der Waals surface area (Å²) in [6, 6.07) is 10.4. The van der Waals surface area contributed by atoms with Gasteiger partial charge in [-0.3, -0.25) is 4.90 Å². The normalized spacial score (nSPS) is 16.1. The number of hydrogen-bond donors (Lipinski definition) is 0. The minimum Gasteiger partial charge on any atom is -0.497 e. The fraction of sp³-hybridized carbons (Fsp3) is 0.400. The van der Waals surface area contributed by atoms with Crippen LogP contribution in [0.3, 0.4) is 0 Å². The zero-order chi connectivity index (χ0) is 17.9. The van der Waals surface area contributed by atoms with E-state index in [1.807, 2.05) is 12.1 Å². The molecule has 5 nitrogen and oxygen atoms in total. The maximum Gasteiger partial charge on any atom is 0.258 e. The molecule has 0 N–H and O–H groups in total. The van der Waals surface area contributed by atoms with Gasteiger partial charge in [0.1, 0.15) is 5.75 Å². The maximum absolute atomic E-state index is 5.99. The Balaban J connectivity index is 1.36. The lowest BCUT2D eigenvalue weighted by molar-refractivity contribution is 0.193. The second kappa shape index (κ2) is 7.60. The van der Waals surface area contributed by atoms with Crippen LogP contribution < -0.4 is 4.74 Å². The van der Waals surface area contributed by atoms with E-state index in [4.69, 9.17) is 9.15 Å². The number of nitrogens with zero attached hydrogens (tertiary/aromatic N) is 3. The highest BCUT2D eigenvalue weighted by molar-refractivity contribution is 7.13. The first-order chi connectivity index (χ1) is 12.7. The summed E-state index contributed by atoms with van der Waals surface area (Å²) < 4.78 is 11.3. The molecule has 3 heterocycles. The molecule has 0 amide bonds. The molecule has 1 aliphatic heterocycles. The summed E-state index contributed by atoms with van der Waals surface area (Å²) in [5.74, 6) is 2.72. The van der Waals surface area contributed by atoms with Crippen LogP contribution in [0, 0.1) is 6.92 Å². The molecular weight excluding hydrogens is 346 g/mol. The summed E-state index contributed by atoms with van der Waals surface area (Å²) in [5, 5.41) is 10.7. The highest BCUT2D eigenvalue weighted by Gasteiger charge is 2.25. The zero-order valence-corrected chi connectivity index (χ0v) is 16.0. The first-order valence-corrected chi connectivity index (χ1v) is 9.84. The molecule has 136 valence electrons. The molecule has 0 unspecified atom stereocenters. The van der Waals surface area contributed by atoms with Crippen molar-refractivity contribution in [2.75, 3.05) is 20.2 Å². The molecule has 1 aromatic carbocycles. The van der Waals surface area contributed by atoms with Gasteiger partial charge < -0.3 is 9.15 Å². The Labute approximate surface area is 157 Å². The Morgan fingerprint density at radius 1 is 1.23 bits per heavy atom. The van der Waals surface area contributed by atoms with Gasteiger partial charge in [0.25, 0.3) is 5.89 Å². The summed E-state index contributed by atoms with van der Waals surface area (Å²) in [6.45, 7) is 5.11. The maximum atomic E-state index is 5.99. The Kier molecular flexibility index (Phi) is 5.04. The lowest BCUT2D eigenvalue weighted by Crippen LogP contribution is -2.32. The molecule has 26 heavy (non-hydrogen) atoms. The standard InChI is InChI=1S/C20H23N3O2S/c1-14-8-11-26-18(14)20-22-21-19(25-20)16-6-9-23(10-7-16)13-15-4-3-5-17(12-15)24-2/h3-5,8,11-12,16H,6-7,9-10,13H2,1-2H3. The van der Waals surface area contributed by atoms with Gasteiger partial charge in [0, 0.05) is 12.5 Å². The number of methoxy groups -OCH3 is 1. The second-order valence-corrected chi connectivity index (χ2v) is 7.70. The van der Waals surface area contributed by atoms with E-state index in [0.717, 1.165) is 49.0 Å². The Bertz CT molecular complexity index is 865. The number of aryl methyl sites for hydroxylation is 1. The predicted octanol–water partition coefficient (Wildman–Crippen LogP) is 4.49. The van der Waals surface area contributed by atoms with Crippen molar-refractivity contribution in [3.8, 4) is 16.5 Å². The first-order valence-electron chi connectivity index (χ1n) is 8.96. The fourth-order valence-corrected chi connectivity index (χ4v) is 4.30. The molecule has 0 spiro atoms. The van der Waals surface area contributed by atoms with Gasteiger partial charge in [0.05, 0.1) is 12.0 Å². The minimum atomic E-state index is 0.359. The van der Waals surface area contributed by atoms with Crippen molar-refractivity contribution < 1.29 is 9.15 Å². The van der Waals surface area contributed by atoms with Crippen molar-refractivity contribution >= 4 is 11.3 Å². The van der Waals surface area contributed by atoms with Crippen LogP contribution in [0.2, 0.25) is 0 Å². The van der Waals surface area contributed by atoms with Gasteiger partial charge >= 0.3 is 0 Å². The summed E-state index contributed by atoms with van der Waals surface area (Å²) in [5.41, 5.74) is 2.48. The summed E-state index contributed by atoms with van der Waals surface area (Å²) in [6.07, 6.45) is 2.10. The highest BCUT2D eigenvalue weighted by atomic mass is 32.1. The average Bonchev–Trinajstić information content (AvgIpc) is 3.31. The minimum absolute atomic E-state index is 0.359. The SMILES string of the molecule is COc1cccc(CN2CCC(c3nnc(-c4sccc4C)o3)CC2)c1. The molecule has 3 aromatic rings. The number of benzene rings is 1. The molecule has 1 fully saturated rings. The zero-order valence-electron chi connectivity index (χ0n) is 15.1. The van der Waals surface area contributed by atoms with Crippen molar-refractivity contribution in [2.45, 2.75) is 32.2 Å². The number of thiophene rings is 1. The van der Waals surface area contributed by atoms with Crippen LogP contribution in [0.4, 0.5) is 0 Å². The van der Waals surface area contributed by atoms with Crippen molar-refractivity contribution in [3.63, 3.8) is 0 Å². The van der Waals surface area contributed by atoms with Crippen LogP contribution in [-0.4, -0.2) is 35.3 Å². The van der Waals surface area contributed by atoms with Gasteiger partial charge in [-0.15, -0.1) is 21.5 Å². The number of rotatable bonds is 5. The molecule has 0 radical (unpaired) electrons. The van der Waals surface area contributed by atoms with Crippen molar-refractivity contribution in [3.05, 3.63) is 52.7 Å².